The first kappa shape index (κ1) is 17.5. The van der Waals surface area contributed by atoms with Crippen molar-refractivity contribution in [1.82, 2.24) is 20.5 Å². The van der Waals surface area contributed by atoms with Crippen molar-refractivity contribution in [3.63, 3.8) is 0 Å². The Morgan fingerprint density at radius 3 is 2.68 bits per heavy atom. The molecule has 0 spiro atoms. The summed E-state index contributed by atoms with van der Waals surface area (Å²) < 4.78 is 5.39. The van der Waals surface area contributed by atoms with Crippen molar-refractivity contribution in [1.29, 1.82) is 0 Å². The van der Waals surface area contributed by atoms with Crippen LogP contribution in [0.1, 0.15) is 46.2 Å². The summed E-state index contributed by atoms with van der Waals surface area (Å²) in [4.78, 5) is 19.1. The van der Waals surface area contributed by atoms with Crippen molar-refractivity contribution < 1.29 is 9.53 Å². The van der Waals surface area contributed by atoms with Crippen LogP contribution in [0.3, 0.4) is 0 Å². The van der Waals surface area contributed by atoms with E-state index in [0.29, 0.717) is 0 Å². The van der Waals surface area contributed by atoms with Gasteiger partial charge in [-0.25, -0.2) is 9.78 Å². The minimum Gasteiger partial charge on any atom is -0.444 e. The molecule has 0 radical (unpaired) electrons. The third-order valence-electron chi connectivity index (χ3n) is 4.51. The number of nitrogens with zero attached hydrogens (tertiary/aromatic N) is 3. The number of aromatic nitrogens is 3. The van der Waals surface area contributed by atoms with E-state index in [1.165, 1.54) is 0 Å². The molecule has 2 N–H and O–H groups in total. The van der Waals surface area contributed by atoms with E-state index >= 15 is 0 Å². The SMILES string of the molecule is Cc1cc2[nH]ncc2c(N2CCC(C)(NC(=O)OC(C)(C)C)CC2)n1. The molecule has 7 nitrogen and oxygen atoms in total. The first-order valence-electron chi connectivity index (χ1n) is 8.72. The molecule has 0 saturated carbocycles. The highest BCUT2D eigenvalue weighted by atomic mass is 16.6. The minimum absolute atomic E-state index is 0.266. The molecule has 1 aliphatic rings. The number of anilines is 1. The van der Waals surface area contributed by atoms with Gasteiger partial charge in [0.05, 0.1) is 17.1 Å². The lowest BCUT2D eigenvalue weighted by Gasteiger charge is -2.40. The van der Waals surface area contributed by atoms with E-state index in [2.05, 4.69) is 27.3 Å². The summed E-state index contributed by atoms with van der Waals surface area (Å²) in [7, 11) is 0. The summed E-state index contributed by atoms with van der Waals surface area (Å²) in [5.74, 6) is 0.961. The number of pyridine rings is 1. The first-order valence-corrected chi connectivity index (χ1v) is 8.72. The first-order chi connectivity index (χ1) is 11.7. The Balaban J connectivity index is 1.68. The Morgan fingerprint density at radius 1 is 1.36 bits per heavy atom. The predicted octanol–water partition coefficient (Wildman–Crippen LogP) is 3.15. The largest absolute Gasteiger partial charge is 0.444 e. The number of fused-ring (bicyclic) bond motifs is 1. The fourth-order valence-electron chi connectivity index (χ4n) is 3.18. The summed E-state index contributed by atoms with van der Waals surface area (Å²) in [5, 5.41) is 11.2. The quantitative estimate of drug-likeness (QED) is 0.873. The molecule has 1 aliphatic heterocycles. The normalized spacial score (nSPS) is 17.6. The molecule has 0 atom stereocenters. The number of piperidine rings is 1. The van der Waals surface area contributed by atoms with Crippen LogP contribution in [0.15, 0.2) is 12.3 Å². The molecule has 0 aliphatic carbocycles. The van der Waals surface area contributed by atoms with Crippen molar-refractivity contribution in [2.75, 3.05) is 18.0 Å². The molecule has 0 bridgehead atoms. The number of rotatable bonds is 2. The summed E-state index contributed by atoms with van der Waals surface area (Å²) >= 11 is 0. The van der Waals surface area contributed by atoms with Crippen molar-refractivity contribution in [3.8, 4) is 0 Å². The summed E-state index contributed by atoms with van der Waals surface area (Å²) in [5.41, 5.74) is 1.22. The van der Waals surface area contributed by atoms with E-state index in [4.69, 9.17) is 9.72 Å². The molecule has 2 aromatic heterocycles. The molecule has 3 heterocycles. The minimum atomic E-state index is -0.487. The second kappa shape index (κ2) is 6.20. The Bertz CT molecular complexity index is 769. The van der Waals surface area contributed by atoms with Gasteiger partial charge in [-0.1, -0.05) is 0 Å². The molecule has 0 aromatic carbocycles. The van der Waals surface area contributed by atoms with Gasteiger partial charge < -0.3 is 15.0 Å². The monoisotopic (exact) mass is 345 g/mol. The molecule has 25 heavy (non-hydrogen) atoms. The highest BCUT2D eigenvalue weighted by molar-refractivity contribution is 5.89. The van der Waals surface area contributed by atoms with E-state index in [1.807, 2.05) is 40.0 Å². The van der Waals surface area contributed by atoms with Gasteiger partial charge in [-0.2, -0.15) is 5.10 Å². The van der Waals surface area contributed by atoms with Crippen molar-refractivity contribution in [2.24, 2.45) is 0 Å². The molecule has 3 rings (SSSR count). The van der Waals surface area contributed by atoms with E-state index in [9.17, 15) is 4.79 Å². The van der Waals surface area contributed by atoms with Gasteiger partial charge in [-0.15, -0.1) is 0 Å². The highest BCUT2D eigenvalue weighted by Crippen LogP contribution is 2.30. The Morgan fingerprint density at radius 2 is 2.04 bits per heavy atom. The summed E-state index contributed by atoms with van der Waals surface area (Å²) in [6, 6.07) is 2.00. The zero-order chi connectivity index (χ0) is 18.2. The lowest BCUT2D eigenvalue weighted by molar-refractivity contribution is 0.0448. The van der Waals surface area contributed by atoms with Crippen LogP contribution in [0.5, 0.6) is 0 Å². The van der Waals surface area contributed by atoms with Crippen LogP contribution in [0, 0.1) is 6.92 Å². The van der Waals surface area contributed by atoms with Gasteiger partial charge >= 0.3 is 6.09 Å². The number of nitrogens with one attached hydrogen (secondary N) is 2. The number of H-pyrrole nitrogens is 1. The van der Waals surface area contributed by atoms with Crippen LogP contribution < -0.4 is 10.2 Å². The van der Waals surface area contributed by atoms with Crippen LogP contribution in [0.25, 0.3) is 10.9 Å². The van der Waals surface area contributed by atoms with Gasteiger partial charge in [0.25, 0.3) is 0 Å². The Labute approximate surface area is 148 Å². The molecule has 136 valence electrons. The smallest absolute Gasteiger partial charge is 0.408 e. The second-order valence-electron chi connectivity index (χ2n) is 8.09. The molecule has 0 unspecified atom stereocenters. The molecule has 2 aromatic rings. The lowest BCUT2D eigenvalue weighted by atomic mass is 9.89. The number of amides is 1. The third-order valence-corrected chi connectivity index (χ3v) is 4.51. The standard InChI is InChI=1S/C18H27N5O2/c1-12-10-14-13(11-19-22-14)15(20-12)23-8-6-18(5,7-9-23)21-16(24)25-17(2,3)4/h10-11H,6-9H2,1-5H3,(H,19,22)(H,21,24). The highest BCUT2D eigenvalue weighted by Gasteiger charge is 2.34. The van der Waals surface area contributed by atoms with Crippen LogP contribution in [-0.2, 0) is 4.74 Å². The van der Waals surface area contributed by atoms with Gasteiger partial charge in [-0.05, 0) is 53.5 Å². The van der Waals surface area contributed by atoms with Gasteiger partial charge in [0.15, 0.2) is 0 Å². The maximum Gasteiger partial charge on any atom is 0.408 e. The zero-order valence-corrected chi connectivity index (χ0v) is 15.6. The van der Waals surface area contributed by atoms with Crippen LogP contribution in [0.2, 0.25) is 0 Å². The number of hydrogen-bond donors (Lipinski definition) is 2. The van der Waals surface area contributed by atoms with Gasteiger partial charge in [0.1, 0.15) is 11.4 Å². The average molecular weight is 345 g/mol. The second-order valence-corrected chi connectivity index (χ2v) is 8.09. The van der Waals surface area contributed by atoms with Crippen LogP contribution >= 0.6 is 0 Å². The van der Waals surface area contributed by atoms with Crippen molar-refractivity contribution in [2.45, 2.75) is 58.6 Å². The number of alkyl carbamates (subject to hydrolysis) is 1. The topological polar surface area (TPSA) is 83.1 Å². The Hall–Kier alpha value is -2.31. The molecular weight excluding hydrogens is 318 g/mol. The van der Waals surface area contributed by atoms with Gasteiger partial charge in [-0.3, -0.25) is 5.10 Å². The number of hydrogen-bond acceptors (Lipinski definition) is 5. The fraction of sp³-hybridized carbons (Fsp3) is 0.611. The fourth-order valence-corrected chi connectivity index (χ4v) is 3.18. The van der Waals surface area contributed by atoms with E-state index in [-0.39, 0.29) is 11.6 Å². The maximum absolute atomic E-state index is 12.1. The third kappa shape index (κ3) is 4.03. The number of carbonyl (C=O) groups excluding carboxylic acids is 1. The molecular formula is C18H27N5O2. The number of ether oxygens (including phenoxy) is 1. The Kier molecular flexibility index (Phi) is 4.34. The average Bonchev–Trinajstić information content (AvgIpc) is 2.92. The van der Waals surface area contributed by atoms with Crippen molar-refractivity contribution in [3.05, 3.63) is 18.0 Å². The van der Waals surface area contributed by atoms with E-state index < -0.39 is 5.60 Å². The maximum atomic E-state index is 12.1. The van der Waals surface area contributed by atoms with Gasteiger partial charge in [0.2, 0.25) is 0 Å². The van der Waals surface area contributed by atoms with Gasteiger partial charge in [0, 0.05) is 24.3 Å². The molecule has 1 fully saturated rings. The molecule has 7 heteroatoms. The van der Waals surface area contributed by atoms with Crippen LogP contribution in [-0.4, -0.2) is 45.5 Å². The van der Waals surface area contributed by atoms with E-state index in [0.717, 1.165) is 48.3 Å². The molecule has 1 saturated heterocycles. The predicted molar refractivity (Wildman–Crippen MR) is 97.8 cm³/mol. The van der Waals surface area contributed by atoms with E-state index in [1.54, 1.807) is 0 Å². The summed E-state index contributed by atoms with van der Waals surface area (Å²) in [6.07, 6.45) is 3.14. The zero-order valence-electron chi connectivity index (χ0n) is 15.6. The number of aryl methyl sites for hydroxylation is 1. The van der Waals surface area contributed by atoms with Crippen molar-refractivity contribution >= 4 is 22.8 Å². The van der Waals surface area contributed by atoms with Crippen LogP contribution in [0.4, 0.5) is 10.6 Å². The summed E-state index contributed by atoms with van der Waals surface area (Å²) in [6.45, 7) is 11.3. The lowest BCUT2D eigenvalue weighted by Crippen LogP contribution is -2.54. The molecule has 1 amide bonds. The number of carbonyl (C=O) groups is 1. The number of aromatic amines is 1.